The largest absolute Gasteiger partial charge is 0.462 e. The van der Waals surface area contributed by atoms with Gasteiger partial charge >= 0.3 is 23.5 Å². The van der Waals surface area contributed by atoms with Crippen molar-refractivity contribution in [3.63, 3.8) is 0 Å². The summed E-state index contributed by atoms with van der Waals surface area (Å²) in [6, 6.07) is 6.77. The van der Waals surface area contributed by atoms with Crippen molar-refractivity contribution in [2.24, 2.45) is 34.0 Å². The molecule has 14 nitrogen and oxygen atoms in total. The third-order valence-electron chi connectivity index (χ3n) is 13.5. The average molecular weight is 766 g/mol. The molecular weight excluding hydrogens is 714 g/mol. The summed E-state index contributed by atoms with van der Waals surface area (Å²) in [5.41, 5.74) is -3.08. The normalized spacial score (nSPS) is 34.2. The Labute approximate surface area is 318 Å². The highest BCUT2D eigenvalue weighted by molar-refractivity contribution is 6.05. The number of hydrogen-bond acceptors (Lipinski definition) is 14. The van der Waals surface area contributed by atoms with Crippen molar-refractivity contribution in [2.75, 3.05) is 37.8 Å². The first-order valence-corrected chi connectivity index (χ1v) is 19.4. The molecular formula is C41H51NO13. The molecule has 3 heterocycles. The van der Waals surface area contributed by atoms with E-state index in [1.165, 1.54) is 6.07 Å². The van der Waals surface area contributed by atoms with Gasteiger partial charge in [-0.15, -0.1) is 0 Å². The van der Waals surface area contributed by atoms with Crippen LogP contribution in [0.4, 0.5) is 5.69 Å². The van der Waals surface area contributed by atoms with E-state index in [1.807, 2.05) is 33.8 Å². The first-order valence-electron chi connectivity index (χ1n) is 19.4. The van der Waals surface area contributed by atoms with Crippen molar-refractivity contribution < 1.29 is 57.9 Å². The monoisotopic (exact) mass is 765 g/mol. The molecule has 0 unspecified atom stereocenters. The zero-order chi connectivity index (χ0) is 39.7. The lowest BCUT2D eigenvalue weighted by Crippen LogP contribution is -2.85. The van der Waals surface area contributed by atoms with Crippen LogP contribution in [0, 0.1) is 34.0 Å². The van der Waals surface area contributed by atoms with Crippen molar-refractivity contribution in [3.8, 4) is 0 Å². The van der Waals surface area contributed by atoms with Gasteiger partial charge in [0.2, 0.25) is 5.79 Å². The van der Waals surface area contributed by atoms with E-state index < -0.39 is 87.4 Å². The highest BCUT2D eigenvalue weighted by Crippen LogP contribution is 2.76. The molecule has 9 atom stereocenters. The summed E-state index contributed by atoms with van der Waals surface area (Å²) < 4.78 is 27.8. The van der Waals surface area contributed by atoms with Crippen molar-refractivity contribution in [1.82, 2.24) is 0 Å². The second-order valence-electron chi connectivity index (χ2n) is 16.5. The number of hydrogen-bond donors (Lipinski definition) is 3. The highest BCUT2D eigenvalue weighted by atomic mass is 16.7. The molecule has 2 saturated heterocycles. The van der Waals surface area contributed by atoms with Crippen LogP contribution in [-0.4, -0.2) is 96.0 Å². The predicted molar refractivity (Wildman–Crippen MR) is 196 cm³/mol. The van der Waals surface area contributed by atoms with Gasteiger partial charge in [-0.25, -0.2) is 9.59 Å². The van der Waals surface area contributed by atoms with E-state index in [1.54, 1.807) is 12.1 Å². The summed E-state index contributed by atoms with van der Waals surface area (Å²) in [5, 5.41) is 36.3. The predicted octanol–water partition coefficient (Wildman–Crippen LogP) is 3.45. The van der Waals surface area contributed by atoms with Gasteiger partial charge in [-0.05, 0) is 81.1 Å². The van der Waals surface area contributed by atoms with Gasteiger partial charge in [0.15, 0.2) is 5.78 Å². The Bertz CT molecular complexity index is 1970. The van der Waals surface area contributed by atoms with Crippen LogP contribution in [0.1, 0.15) is 83.0 Å². The second kappa shape index (κ2) is 14.1. The molecule has 6 aliphatic rings. The summed E-state index contributed by atoms with van der Waals surface area (Å²) in [4.78, 5) is 67.4. The number of benzene rings is 1. The quantitative estimate of drug-likeness (QED) is 0.0933. The summed E-state index contributed by atoms with van der Waals surface area (Å²) in [7, 11) is 0. The molecule has 4 bridgehead atoms. The van der Waals surface area contributed by atoms with Gasteiger partial charge in [-0.2, -0.15) is 0 Å². The molecule has 0 radical (unpaired) electrons. The number of carbonyl (C=O) groups excluding carboxylic acids is 4. The number of aliphatic hydroxyl groups is 3. The van der Waals surface area contributed by atoms with E-state index in [9.17, 15) is 39.3 Å². The number of Topliss-reactive ketones (excluding diaryl/α,β-unsaturated/α-hetero) is 1. The molecule has 298 valence electrons. The molecule has 2 spiro atoms. The first kappa shape index (κ1) is 39.1. The molecule has 55 heavy (non-hydrogen) atoms. The van der Waals surface area contributed by atoms with Crippen LogP contribution in [0.25, 0.3) is 11.0 Å². The van der Waals surface area contributed by atoms with E-state index in [0.717, 1.165) is 18.8 Å². The average Bonchev–Trinajstić information content (AvgIpc) is 3.25. The number of aliphatic hydroxyl groups excluding tert-OH is 2. The van der Waals surface area contributed by atoms with Gasteiger partial charge in [0.25, 0.3) is 0 Å². The molecule has 3 N–H and O–H groups in total. The maximum atomic E-state index is 14.2. The topological polar surface area (TPSA) is 199 Å². The Hall–Kier alpha value is -4.11. The van der Waals surface area contributed by atoms with Crippen molar-refractivity contribution in [3.05, 3.63) is 52.4 Å². The summed E-state index contributed by atoms with van der Waals surface area (Å²) in [6.07, 6.45) is -1.99. The fourth-order valence-corrected chi connectivity index (χ4v) is 11.1. The first-order chi connectivity index (χ1) is 26.1. The number of carbonyl (C=O) groups is 4. The third-order valence-corrected chi connectivity index (χ3v) is 13.5. The summed E-state index contributed by atoms with van der Waals surface area (Å²) in [6.45, 7) is 13.0. The minimum atomic E-state index is -2.36. The smallest absolute Gasteiger partial charge is 0.351 e. The molecule has 0 amide bonds. The standard InChI is InChI=1S/C41H51NO13/c1-6-42(7-2)24-12-11-23-19-26(37(49)54-27(23)20-24)36(48)52-18-17-51-30(44)9-8-10-31(45)55-35-25-13-14-28-39-21-53-41(50,40(28,35)33(46)22(25)3)34(47)32(39)38(4,5)16-15-29(39)43/h11-12,19-20,25,28-29,32,34-35,43,47,50H,3,6-10,13-18,21H2,1-2,4-5H3/t25-,28-,29-,32+,34-,35+,39+,40-,41-/m0/s1. The minimum absolute atomic E-state index is 0.0360. The number of ketones is 1. The molecule has 1 aromatic heterocycles. The Morgan fingerprint density at radius 1 is 0.982 bits per heavy atom. The van der Waals surface area contributed by atoms with Crippen LogP contribution in [-0.2, 0) is 33.3 Å². The lowest BCUT2D eigenvalue weighted by atomic mass is 9.35. The minimum Gasteiger partial charge on any atom is -0.462 e. The fourth-order valence-electron chi connectivity index (χ4n) is 11.1. The van der Waals surface area contributed by atoms with E-state index in [4.69, 9.17) is 23.4 Å². The van der Waals surface area contributed by atoms with Gasteiger partial charge < -0.3 is 43.6 Å². The number of fused-ring (bicyclic) bond motifs is 3. The highest BCUT2D eigenvalue weighted by Gasteiger charge is 2.87. The van der Waals surface area contributed by atoms with Crippen molar-refractivity contribution >= 4 is 40.3 Å². The Kier molecular flexibility index (Phi) is 10.0. The number of anilines is 1. The Balaban J connectivity index is 0.935. The molecule has 2 aliphatic heterocycles. The Morgan fingerprint density at radius 2 is 1.69 bits per heavy atom. The molecule has 6 fully saturated rings. The van der Waals surface area contributed by atoms with Crippen molar-refractivity contribution in [1.29, 1.82) is 0 Å². The molecule has 4 aliphatic carbocycles. The number of rotatable bonds is 12. The third kappa shape index (κ3) is 5.76. The number of ether oxygens (including phenoxy) is 4. The molecule has 1 aromatic carbocycles. The lowest BCUT2D eigenvalue weighted by Gasteiger charge is -2.74. The van der Waals surface area contributed by atoms with Crippen LogP contribution in [0.2, 0.25) is 0 Å². The summed E-state index contributed by atoms with van der Waals surface area (Å²) in [5.74, 6) is -6.97. The van der Waals surface area contributed by atoms with Gasteiger partial charge in [0.05, 0.1) is 12.7 Å². The van der Waals surface area contributed by atoms with Gasteiger partial charge in [-0.1, -0.05) is 20.4 Å². The fraction of sp³-hybridized carbons (Fsp3) is 0.634. The Morgan fingerprint density at radius 3 is 2.42 bits per heavy atom. The van der Waals surface area contributed by atoms with Crippen LogP contribution >= 0.6 is 0 Å². The van der Waals surface area contributed by atoms with Crippen LogP contribution in [0.5, 0.6) is 0 Å². The van der Waals surface area contributed by atoms with E-state index in [2.05, 4.69) is 11.5 Å². The lowest BCUT2D eigenvalue weighted by molar-refractivity contribution is -0.458. The van der Waals surface area contributed by atoms with Gasteiger partial charge in [0, 0.05) is 60.3 Å². The van der Waals surface area contributed by atoms with Gasteiger partial charge in [-0.3, -0.25) is 14.4 Å². The van der Waals surface area contributed by atoms with E-state index in [-0.39, 0.29) is 50.2 Å². The maximum Gasteiger partial charge on any atom is 0.351 e. The van der Waals surface area contributed by atoms with Crippen molar-refractivity contribution in [2.45, 2.75) is 96.7 Å². The number of esters is 3. The van der Waals surface area contributed by atoms with E-state index in [0.29, 0.717) is 36.7 Å². The van der Waals surface area contributed by atoms with Crippen LogP contribution in [0.3, 0.4) is 0 Å². The van der Waals surface area contributed by atoms with Crippen LogP contribution < -0.4 is 10.5 Å². The number of nitrogens with zero attached hydrogens (tertiary/aromatic N) is 1. The molecule has 2 aromatic rings. The molecule has 8 rings (SSSR count). The SMILES string of the molecule is C=C1C(=O)[C@]23[C@H](OC(=O)CCCC(=O)OCCOC(=O)c4cc5ccc(N(CC)CC)cc5oc4=O)[C@H]1CC[C@H]2[C@@]12CO[C@@]3(O)[C@@H](O)[C@@H]1C(C)(C)CC[C@@H]2O. The maximum absolute atomic E-state index is 14.2. The van der Waals surface area contributed by atoms with Gasteiger partial charge in [0.1, 0.15) is 42.0 Å². The van der Waals surface area contributed by atoms with E-state index >= 15 is 0 Å². The molecule has 4 saturated carbocycles. The zero-order valence-electron chi connectivity index (χ0n) is 31.8. The summed E-state index contributed by atoms with van der Waals surface area (Å²) >= 11 is 0. The van der Waals surface area contributed by atoms with Crippen LogP contribution in [0.15, 0.2) is 45.6 Å². The second-order valence-corrected chi connectivity index (χ2v) is 16.5. The molecule has 14 heteroatoms. The zero-order valence-corrected chi connectivity index (χ0v) is 31.8.